The number of hydrogen-bond donors (Lipinski definition) is 2. The molecule has 0 aliphatic heterocycles. The second-order valence-corrected chi connectivity index (χ2v) is 7.50. The Hall–Kier alpha value is -1.77. The first-order valence-electron chi connectivity index (χ1n) is 7.36. The lowest BCUT2D eigenvalue weighted by atomic mass is 10.1. The highest BCUT2D eigenvalue weighted by Crippen LogP contribution is 2.14. The molecule has 1 aromatic carbocycles. The topological polar surface area (TPSA) is 97.0 Å². The highest BCUT2D eigenvalue weighted by atomic mass is 32.2. The van der Waals surface area contributed by atoms with Gasteiger partial charge in [-0.15, -0.1) is 0 Å². The van der Waals surface area contributed by atoms with E-state index in [1.54, 1.807) is 0 Å². The van der Waals surface area contributed by atoms with Crippen LogP contribution < -0.4 is 4.72 Å². The minimum absolute atomic E-state index is 0.0443. The molecule has 0 amide bonds. The standard InChI is InChI=1S/C15H22N4O3S/c1-11(2)14(22-3)9-23(20,21)18-8-12-4-6-13(7-5-12)15-16-10-17-19-15/h4-7,10-11,14,18H,8-9H2,1-3H3,(H,16,17,19). The minimum Gasteiger partial charge on any atom is -0.380 e. The zero-order valence-corrected chi connectivity index (χ0v) is 14.3. The molecular weight excluding hydrogens is 316 g/mol. The van der Waals surface area contributed by atoms with Gasteiger partial charge in [0.15, 0.2) is 5.82 Å². The zero-order chi connectivity index (χ0) is 16.9. The first kappa shape index (κ1) is 17.6. The maximum absolute atomic E-state index is 12.1. The Bertz CT molecular complexity index is 697. The lowest BCUT2D eigenvalue weighted by Gasteiger charge is -2.19. The molecule has 2 aromatic rings. The zero-order valence-electron chi connectivity index (χ0n) is 13.5. The molecule has 1 aromatic heterocycles. The second kappa shape index (κ2) is 7.67. The van der Waals surface area contributed by atoms with Crippen molar-refractivity contribution in [2.75, 3.05) is 12.9 Å². The number of sulfonamides is 1. The van der Waals surface area contributed by atoms with Crippen LogP contribution in [0.25, 0.3) is 11.4 Å². The first-order chi connectivity index (χ1) is 10.9. The van der Waals surface area contributed by atoms with Crippen LogP contribution in [0.5, 0.6) is 0 Å². The Balaban J connectivity index is 1.95. The molecule has 23 heavy (non-hydrogen) atoms. The maximum atomic E-state index is 12.1. The van der Waals surface area contributed by atoms with Crippen LogP contribution in [0.1, 0.15) is 19.4 Å². The number of rotatable bonds is 8. The van der Waals surface area contributed by atoms with E-state index in [2.05, 4.69) is 19.9 Å². The van der Waals surface area contributed by atoms with Crippen molar-refractivity contribution in [2.45, 2.75) is 26.5 Å². The van der Waals surface area contributed by atoms with Crippen molar-refractivity contribution >= 4 is 10.0 Å². The summed E-state index contributed by atoms with van der Waals surface area (Å²) in [4.78, 5) is 4.07. The fourth-order valence-corrected chi connectivity index (χ4v) is 3.58. The van der Waals surface area contributed by atoms with E-state index in [-0.39, 0.29) is 24.3 Å². The molecule has 1 atom stereocenters. The molecule has 7 nitrogen and oxygen atoms in total. The third kappa shape index (κ3) is 5.12. The molecule has 126 valence electrons. The summed E-state index contributed by atoms with van der Waals surface area (Å²) in [6.07, 6.45) is 1.12. The molecule has 2 N–H and O–H groups in total. The number of nitrogens with one attached hydrogen (secondary N) is 2. The molecule has 0 aliphatic carbocycles. The Morgan fingerprint density at radius 3 is 2.48 bits per heavy atom. The van der Waals surface area contributed by atoms with Crippen LogP contribution in [-0.2, 0) is 21.3 Å². The van der Waals surface area contributed by atoms with Gasteiger partial charge in [0.05, 0.1) is 11.9 Å². The van der Waals surface area contributed by atoms with Crippen molar-refractivity contribution in [3.63, 3.8) is 0 Å². The highest BCUT2D eigenvalue weighted by molar-refractivity contribution is 7.89. The average Bonchev–Trinajstić information content (AvgIpc) is 3.05. The number of H-pyrrole nitrogens is 1. The van der Waals surface area contributed by atoms with Gasteiger partial charge in [-0.2, -0.15) is 5.10 Å². The molecule has 0 saturated carbocycles. The number of ether oxygens (including phenoxy) is 1. The van der Waals surface area contributed by atoms with E-state index in [0.29, 0.717) is 5.82 Å². The lowest BCUT2D eigenvalue weighted by Crippen LogP contribution is -2.35. The minimum atomic E-state index is -3.39. The molecule has 0 saturated heterocycles. The van der Waals surface area contributed by atoms with Crippen LogP contribution in [0.4, 0.5) is 0 Å². The molecule has 0 spiro atoms. The summed E-state index contributed by atoms with van der Waals surface area (Å²) >= 11 is 0. The van der Waals surface area contributed by atoms with Gasteiger partial charge in [0, 0.05) is 19.2 Å². The summed E-state index contributed by atoms with van der Waals surface area (Å²) in [5.74, 6) is 0.770. The summed E-state index contributed by atoms with van der Waals surface area (Å²) in [6.45, 7) is 4.12. The molecule has 8 heteroatoms. The first-order valence-corrected chi connectivity index (χ1v) is 9.01. The van der Waals surface area contributed by atoms with Crippen molar-refractivity contribution in [3.8, 4) is 11.4 Å². The lowest BCUT2D eigenvalue weighted by molar-refractivity contribution is 0.0826. The van der Waals surface area contributed by atoms with Crippen molar-refractivity contribution in [1.29, 1.82) is 0 Å². The molecule has 0 aliphatic rings. The third-order valence-corrected chi connectivity index (χ3v) is 4.92. The van der Waals surface area contributed by atoms with Crippen molar-refractivity contribution in [2.24, 2.45) is 5.92 Å². The predicted molar refractivity (Wildman–Crippen MR) is 88.1 cm³/mol. The summed E-state index contributed by atoms with van der Waals surface area (Å²) in [7, 11) is -1.86. The van der Waals surface area contributed by atoms with Gasteiger partial charge in [0.25, 0.3) is 0 Å². The Labute approximate surface area is 136 Å². The molecule has 2 rings (SSSR count). The Kier molecular flexibility index (Phi) is 5.86. The normalized spacial score (nSPS) is 13.4. The SMILES string of the molecule is COC(CS(=O)(=O)NCc1ccc(-c2ncn[nH]2)cc1)C(C)C. The average molecular weight is 338 g/mol. The van der Waals surface area contributed by atoms with Gasteiger partial charge < -0.3 is 4.74 Å². The molecule has 0 radical (unpaired) electrons. The fourth-order valence-electron chi connectivity index (χ4n) is 2.13. The van der Waals surface area contributed by atoms with Gasteiger partial charge in [0.1, 0.15) is 6.33 Å². The van der Waals surface area contributed by atoms with E-state index < -0.39 is 10.0 Å². The summed E-state index contributed by atoms with van der Waals surface area (Å²) < 4.78 is 32.1. The van der Waals surface area contributed by atoms with Crippen molar-refractivity contribution in [3.05, 3.63) is 36.2 Å². The van der Waals surface area contributed by atoms with Gasteiger partial charge >= 0.3 is 0 Å². The van der Waals surface area contributed by atoms with Gasteiger partial charge in [-0.1, -0.05) is 38.1 Å². The van der Waals surface area contributed by atoms with Gasteiger partial charge in [-0.05, 0) is 11.5 Å². The van der Waals surface area contributed by atoms with E-state index >= 15 is 0 Å². The molecule has 1 heterocycles. The Morgan fingerprint density at radius 1 is 1.26 bits per heavy atom. The predicted octanol–water partition coefficient (Wildman–Crippen LogP) is 1.56. The molecular formula is C15H22N4O3S. The van der Waals surface area contributed by atoms with E-state index in [9.17, 15) is 8.42 Å². The van der Waals surface area contributed by atoms with Crippen LogP contribution in [0.15, 0.2) is 30.6 Å². The monoisotopic (exact) mass is 338 g/mol. The Morgan fingerprint density at radius 2 is 1.96 bits per heavy atom. The summed E-state index contributed by atoms with van der Waals surface area (Å²) in [5.41, 5.74) is 1.77. The van der Waals surface area contributed by atoms with E-state index in [1.165, 1.54) is 13.4 Å². The van der Waals surface area contributed by atoms with Crippen LogP contribution >= 0.6 is 0 Å². The number of nitrogens with zero attached hydrogens (tertiary/aromatic N) is 2. The smallest absolute Gasteiger partial charge is 0.214 e. The van der Waals surface area contributed by atoms with E-state index in [4.69, 9.17) is 4.74 Å². The number of hydrogen-bond acceptors (Lipinski definition) is 5. The van der Waals surface area contributed by atoms with Crippen LogP contribution in [-0.4, -0.2) is 42.6 Å². The molecule has 1 unspecified atom stereocenters. The highest BCUT2D eigenvalue weighted by Gasteiger charge is 2.21. The number of aromatic amines is 1. The summed E-state index contributed by atoms with van der Waals surface area (Å²) in [6, 6.07) is 7.46. The van der Waals surface area contributed by atoms with Crippen molar-refractivity contribution in [1.82, 2.24) is 19.9 Å². The number of benzene rings is 1. The third-order valence-electron chi connectivity index (χ3n) is 3.57. The van der Waals surface area contributed by atoms with Gasteiger partial charge in [0.2, 0.25) is 10.0 Å². The van der Waals surface area contributed by atoms with Gasteiger partial charge in [-0.25, -0.2) is 18.1 Å². The van der Waals surface area contributed by atoms with E-state index in [1.807, 2.05) is 38.1 Å². The van der Waals surface area contributed by atoms with Crippen molar-refractivity contribution < 1.29 is 13.2 Å². The van der Waals surface area contributed by atoms with Gasteiger partial charge in [-0.3, -0.25) is 5.10 Å². The summed E-state index contributed by atoms with van der Waals surface area (Å²) in [5, 5.41) is 6.58. The number of methoxy groups -OCH3 is 1. The van der Waals surface area contributed by atoms with Crippen LogP contribution in [0, 0.1) is 5.92 Å². The largest absolute Gasteiger partial charge is 0.380 e. The molecule has 0 bridgehead atoms. The van der Waals surface area contributed by atoms with Crippen LogP contribution in [0.2, 0.25) is 0 Å². The number of aromatic nitrogens is 3. The fraction of sp³-hybridized carbons (Fsp3) is 0.467. The quantitative estimate of drug-likeness (QED) is 0.761. The van der Waals surface area contributed by atoms with Crippen LogP contribution in [0.3, 0.4) is 0 Å². The van der Waals surface area contributed by atoms with E-state index in [0.717, 1.165) is 11.1 Å². The second-order valence-electron chi connectivity index (χ2n) is 5.65. The maximum Gasteiger partial charge on any atom is 0.214 e. The molecule has 0 fully saturated rings.